The lowest BCUT2D eigenvalue weighted by Gasteiger charge is -2.37. The first-order valence-corrected chi connectivity index (χ1v) is 15.1. The van der Waals surface area contributed by atoms with E-state index in [0.717, 1.165) is 16.7 Å². The Morgan fingerprint density at radius 2 is 1.60 bits per heavy atom. The fourth-order valence-corrected chi connectivity index (χ4v) is 5.57. The molecule has 0 radical (unpaired) electrons. The minimum atomic E-state index is -1.14. The zero-order chi connectivity index (χ0) is 33.4. The van der Waals surface area contributed by atoms with Gasteiger partial charge in [-0.25, -0.2) is 4.79 Å². The smallest absolute Gasteiger partial charge is 0.330 e. The Kier molecular flexibility index (Phi) is 10.7. The minimum Gasteiger partial charge on any atom is -0.497 e. The van der Waals surface area contributed by atoms with Crippen molar-refractivity contribution < 1.29 is 28.8 Å². The van der Waals surface area contributed by atoms with Crippen molar-refractivity contribution in [2.45, 2.75) is 30.5 Å². The highest BCUT2D eigenvalue weighted by Gasteiger charge is 2.42. The summed E-state index contributed by atoms with van der Waals surface area (Å²) in [6.07, 6.45) is 1.09. The molecule has 1 saturated heterocycles. The zero-order valence-corrected chi connectivity index (χ0v) is 26.1. The molecule has 3 atom stereocenters. The number of aromatic nitrogens is 2. The summed E-state index contributed by atoms with van der Waals surface area (Å²) in [7, 11) is 3.20. The van der Waals surface area contributed by atoms with Crippen molar-refractivity contribution in [3.63, 3.8) is 0 Å². The monoisotopic (exact) mass is 642 g/mol. The van der Waals surface area contributed by atoms with Gasteiger partial charge in [-0.1, -0.05) is 54.6 Å². The lowest BCUT2D eigenvalue weighted by Crippen LogP contribution is -2.38. The number of nitrogens with one attached hydrogen (secondary N) is 2. The molecule has 1 aliphatic rings. The van der Waals surface area contributed by atoms with E-state index in [1.807, 2.05) is 78.9 Å². The second kappa shape index (κ2) is 15.1. The molecule has 0 saturated carbocycles. The number of carbonyl (C=O) groups is 1. The van der Waals surface area contributed by atoms with Crippen molar-refractivity contribution >= 4 is 12.0 Å². The number of H-pyrrole nitrogens is 1. The van der Waals surface area contributed by atoms with Crippen molar-refractivity contribution in [2.75, 3.05) is 33.9 Å². The molecule has 12 nitrogen and oxygen atoms in total. The Hall–Kier alpha value is -5.01. The number of nitrogens with two attached hydrogens (primary N) is 1. The molecule has 0 bridgehead atoms. The highest BCUT2D eigenvalue weighted by atomic mass is 16.6. The fraction of sp³-hybridized carbons (Fsp3) is 0.286. The fourth-order valence-electron chi connectivity index (χ4n) is 5.57. The van der Waals surface area contributed by atoms with Crippen LogP contribution in [0.5, 0.6) is 11.5 Å². The van der Waals surface area contributed by atoms with E-state index >= 15 is 0 Å². The summed E-state index contributed by atoms with van der Waals surface area (Å²) in [4.78, 5) is 39.5. The maximum atomic E-state index is 12.8. The Bertz CT molecular complexity index is 1740. The number of nitrogens with zero attached hydrogens (tertiary/aromatic N) is 1. The average Bonchev–Trinajstić information content (AvgIpc) is 3.47. The number of hydrogen-bond donors (Lipinski definition) is 4. The first kappa shape index (κ1) is 33.4. The topological polar surface area (TPSA) is 167 Å². The Morgan fingerprint density at radius 1 is 1.00 bits per heavy atom. The van der Waals surface area contributed by atoms with Crippen molar-refractivity contribution in [3.8, 4) is 11.5 Å². The number of aromatic amines is 1. The maximum absolute atomic E-state index is 12.8. The molecule has 246 valence electrons. The number of hydrogen-bond acceptors (Lipinski definition) is 9. The van der Waals surface area contributed by atoms with Crippen molar-refractivity contribution in [3.05, 3.63) is 134 Å². The summed E-state index contributed by atoms with van der Waals surface area (Å²) in [5, 5.41) is 13.7. The predicted octanol–water partition coefficient (Wildman–Crippen LogP) is 2.30. The number of aliphatic hydroxyl groups excluding tert-OH is 1. The molecule has 47 heavy (non-hydrogen) atoms. The Labute approximate surface area is 271 Å². The molecule has 0 aliphatic carbocycles. The third-order valence-electron chi connectivity index (χ3n) is 8.01. The van der Waals surface area contributed by atoms with Crippen LogP contribution in [0.3, 0.4) is 0 Å². The molecule has 1 amide bonds. The van der Waals surface area contributed by atoms with E-state index in [9.17, 15) is 19.5 Å². The SMILES string of the molecule is COc1ccc(C(OCC2OC(n3cc(C=CC(=O)NCCN)c(=O)[nH]c3=O)CC2O)(c2ccccc2)c2ccc(OC)cc2)cc1. The van der Waals surface area contributed by atoms with Crippen LogP contribution in [0.1, 0.15) is 34.9 Å². The summed E-state index contributed by atoms with van der Waals surface area (Å²) in [6.45, 7) is 0.486. The number of rotatable bonds is 13. The van der Waals surface area contributed by atoms with Crippen LogP contribution in [-0.4, -0.2) is 66.7 Å². The zero-order valence-electron chi connectivity index (χ0n) is 26.1. The summed E-state index contributed by atoms with van der Waals surface area (Å²) in [5.41, 5.74) is 5.40. The molecule has 4 aromatic rings. The molecule has 5 rings (SSSR count). The van der Waals surface area contributed by atoms with Gasteiger partial charge in [0.15, 0.2) is 0 Å². The van der Waals surface area contributed by atoms with Crippen molar-refractivity contribution in [2.24, 2.45) is 5.73 Å². The minimum absolute atomic E-state index is 0.0587. The van der Waals surface area contributed by atoms with Gasteiger partial charge in [0.2, 0.25) is 5.91 Å². The summed E-state index contributed by atoms with van der Waals surface area (Å²) in [5.74, 6) is 0.923. The summed E-state index contributed by atoms with van der Waals surface area (Å²) >= 11 is 0. The van der Waals surface area contributed by atoms with E-state index in [0.29, 0.717) is 11.5 Å². The molecule has 0 spiro atoms. The maximum Gasteiger partial charge on any atom is 0.330 e. The van der Waals surface area contributed by atoms with Crippen molar-refractivity contribution in [1.82, 2.24) is 14.9 Å². The normalized spacial score (nSPS) is 17.9. The number of carbonyl (C=O) groups excluding carboxylic acids is 1. The highest BCUT2D eigenvalue weighted by molar-refractivity contribution is 5.91. The molecule has 1 aliphatic heterocycles. The molecule has 12 heteroatoms. The first-order valence-electron chi connectivity index (χ1n) is 15.1. The number of ether oxygens (including phenoxy) is 4. The van der Waals surface area contributed by atoms with Gasteiger partial charge >= 0.3 is 5.69 Å². The van der Waals surface area contributed by atoms with Gasteiger partial charge in [0.05, 0.1) is 32.5 Å². The van der Waals surface area contributed by atoms with Crippen LogP contribution in [0, 0.1) is 0 Å². The van der Waals surface area contributed by atoms with E-state index in [2.05, 4.69) is 10.3 Å². The van der Waals surface area contributed by atoms with Crippen LogP contribution in [0.4, 0.5) is 0 Å². The summed E-state index contributed by atoms with van der Waals surface area (Å²) < 4.78 is 25.1. The molecule has 1 fully saturated rings. The largest absolute Gasteiger partial charge is 0.497 e. The molecule has 2 heterocycles. The number of benzene rings is 3. The van der Waals surface area contributed by atoms with Gasteiger partial charge in [-0.3, -0.25) is 19.1 Å². The standard InChI is InChI=1S/C35H38N4O8/c1-44-27-13-9-25(10-14-27)35(24-6-4-3-5-7-24,26-11-15-28(45-2)16-12-26)46-22-30-29(40)20-32(47-30)39-21-23(33(42)38-34(39)43)8-17-31(41)37-19-18-36/h3-17,21,29-30,32,40H,18-20,22,36H2,1-2H3,(H,37,41)(H,38,42,43). The van der Waals surface area contributed by atoms with Crippen LogP contribution in [0.25, 0.3) is 6.08 Å². The molecular formula is C35H38N4O8. The highest BCUT2D eigenvalue weighted by Crippen LogP contribution is 2.42. The van der Waals surface area contributed by atoms with Crippen molar-refractivity contribution in [1.29, 1.82) is 0 Å². The van der Waals surface area contributed by atoms with Gasteiger partial charge in [-0.2, -0.15) is 0 Å². The van der Waals surface area contributed by atoms with Gasteiger partial charge in [0.25, 0.3) is 5.56 Å². The van der Waals surface area contributed by atoms with Gasteiger partial charge in [-0.05, 0) is 47.0 Å². The van der Waals surface area contributed by atoms with Crippen LogP contribution in [0.15, 0.2) is 101 Å². The summed E-state index contributed by atoms with van der Waals surface area (Å²) in [6, 6.07) is 24.8. The lowest BCUT2D eigenvalue weighted by molar-refractivity contribution is -0.116. The number of aliphatic hydroxyl groups is 1. The number of amides is 1. The van der Waals surface area contributed by atoms with Gasteiger partial charge in [0, 0.05) is 31.8 Å². The number of methoxy groups -OCH3 is 2. The second-order valence-electron chi connectivity index (χ2n) is 10.9. The Balaban J connectivity index is 1.46. The first-order chi connectivity index (χ1) is 22.8. The van der Waals surface area contributed by atoms with E-state index in [-0.39, 0.29) is 31.7 Å². The third kappa shape index (κ3) is 7.36. The molecule has 5 N–H and O–H groups in total. The van der Waals surface area contributed by atoms with Crippen LogP contribution in [-0.2, 0) is 19.9 Å². The predicted molar refractivity (Wildman–Crippen MR) is 175 cm³/mol. The van der Waals surface area contributed by atoms with Crippen LogP contribution in [0.2, 0.25) is 0 Å². The van der Waals surface area contributed by atoms with E-state index in [1.165, 1.54) is 22.9 Å². The van der Waals surface area contributed by atoms with E-state index in [4.69, 9.17) is 24.7 Å². The van der Waals surface area contributed by atoms with E-state index < -0.39 is 41.2 Å². The van der Waals surface area contributed by atoms with Crippen LogP contribution >= 0.6 is 0 Å². The Morgan fingerprint density at radius 3 is 2.17 bits per heavy atom. The van der Waals surface area contributed by atoms with Gasteiger partial charge in [0.1, 0.15) is 29.4 Å². The lowest BCUT2D eigenvalue weighted by atomic mass is 9.80. The second-order valence-corrected chi connectivity index (χ2v) is 10.9. The van der Waals surface area contributed by atoms with Crippen LogP contribution < -0.4 is 31.8 Å². The van der Waals surface area contributed by atoms with Gasteiger partial charge < -0.3 is 35.1 Å². The molecular weight excluding hydrogens is 604 g/mol. The van der Waals surface area contributed by atoms with Gasteiger partial charge in [-0.15, -0.1) is 0 Å². The quantitative estimate of drug-likeness (QED) is 0.126. The third-order valence-corrected chi connectivity index (χ3v) is 8.01. The molecule has 1 aromatic heterocycles. The molecule has 3 aromatic carbocycles. The average molecular weight is 643 g/mol. The van der Waals surface area contributed by atoms with E-state index in [1.54, 1.807) is 14.2 Å². The molecule has 3 unspecified atom stereocenters.